The van der Waals surface area contributed by atoms with Crippen LogP contribution in [0.15, 0.2) is 66.7 Å². The molecule has 0 spiro atoms. The fraction of sp³-hybridized carbons (Fsp3) is 0.222. The van der Waals surface area contributed by atoms with E-state index >= 15 is 0 Å². The number of amides is 2. The molecule has 4 rings (SSSR count). The maximum Gasteiger partial charge on any atom is 0.252 e. The van der Waals surface area contributed by atoms with Crippen molar-refractivity contribution < 1.29 is 9.59 Å². The summed E-state index contributed by atoms with van der Waals surface area (Å²) in [6.07, 6.45) is 1.30. The number of hydrogen-bond donors (Lipinski definition) is 2. The molecule has 0 bridgehead atoms. The lowest BCUT2D eigenvalue weighted by Crippen LogP contribution is -2.25. The third-order valence-electron chi connectivity index (χ3n) is 5.76. The van der Waals surface area contributed by atoms with Crippen LogP contribution in [0, 0.1) is 13.8 Å². The number of anilines is 1. The maximum absolute atomic E-state index is 13.0. The average molecular weight is 475 g/mol. The largest absolute Gasteiger partial charge is 0.352 e. The minimum Gasteiger partial charge on any atom is -0.352 e. The Morgan fingerprint density at radius 3 is 2.41 bits per heavy atom. The highest BCUT2D eigenvalue weighted by molar-refractivity contribution is 6.33. The normalized spacial score (nSPS) is 10.9. The van der Waals surface area contributed by atoms with Crippen molar-refractivity contribution in [2.45, 2.75) is 33.2 Å². The Hall–Kier alpha value is -3.64. The Bertz CT molecular complexity index is 1330. The Morgan fingerprint density at radius 1 is 0.941 bits per heavy atom. The van der Waals surface area contributed by atoms with E-state index in [4.69, 9.17) is 16.6 Å². The van der Waals surface area contributed by atoms with E-state index < -0.39 is 0 Å². The predicted octanol–water partition coefficient (Wildman–Crippen LogP) is 5.31. The van der Waals surface area contributed by atoms with Gasteiger partial charge in [0.05, 0.1) is 21.6 Å². The van der Waals surface area contributed by atoms with Gasteiger partial charge < -0.3 is 15.2 Å². The molecule has 2 amide bonds. The first-order valence-electron chi connectivity index (χ1n) is 11.3. The number of carbonyl (C=O) groups excluding carboxylic acids is 2. The van der Waals surface area contributed by atoms with Crippen molar-refractivity contribution in [3.05, 3.63) is 94.3 Å². The second kappa shape index (κ2) is 10.5. The smallest absolute Gasteiger partial charge is 0.252 e. The molecule has 0 aliphatic rings. The summed E-state index contributed by atoms with van der Waals surface area (Å²) in [5.74, 6) is 0.505. The maximum atomic E-state index is 13.0. The summed E-state index contributed by atoms with van der Waals surface area (Å²) in [5.41, 5.74) is 5.11. The van der Waals surface area contributed by atoms with E-state index in [1.807, 2.05) is 60.9 Å². The van der Waals surface area contributed by atoms with Gasteiger partial charge in [-0.3, -0.25) is 9.59 Å². The predicted molar refractivity (Wildman–Crippen MR) is 136 cm³/mol. The SMILES string of the molecule is Cc1cccc(C)c1NC(=O)Cn1c(CCCNC(=O)c2ccccc2Cl)nc2ccccc21. The van der Waals surface area contributed by atoms with E-state index in [0.717, 1.165) is 33.7 Å². The van der Waals surface area contributed by atoms with Crippen molar-refractivity contribution in [3.63, 3.8) is 0 Å². The molecule has 0 aliphatic heterocycles. The molecule has 0 atom stereocenters. The van der Waals surface area contributed by atoms with Gasteiger partial charge in [-0.05, 0) is 55.7 Å². The number of nitrogens with zero attached hydrogens (tertiary/aromatic N) is 2. The Labute approximate surface area is 204 Å². The number of aromatic nitrogens is 2. The standard InChI is InChI=1S/C27H27ClN4O2/c1-18-9-7-10-19(2)26(18)31-25(33)17-32-23-14-6-5-13-22(23)30-24(32)15-8-16-29-27(34)20-11-3-4-12-21(20)28/h3-7,9-14H,8,15-17H2,1-2H3,(H,29,34)(H,31,33). The van der Waals surface area contributed by atoms with E-state index in [0.29, 0.717) is 30.0 Å². The highest BCUT2D eigenvalue weighted by Gasteiger charge is 2.15. The van der Waals surface area contributed by atoms with Crippen molar-refractivity contribution in [2.75, 3.05) is 11.9 Å². The van der Waals surface area contributed by atoms with Crippen molar-refractivity contribution in [1.29, 1.82) is 0 Å². The molecule has 174 valence electrons. The zero-order chi connectivity index (χ0) is 24.1. The third-order valence-corrected chi connectivity index (χ3v) is 6.09. The summed E-state index contributed by atoms with van der Waals surface area (Å²) in [6.45, 7) is 4.60. The molecule has 4 aromatic rings. The first-order chi connectivity index (χ1) is 16.4. The second-order valence-corrected chi connectivity index (χ2v) is 8.66. The number of nitrogens with one attached hydrogen (secondary N) is 2. The zero-order valence-electron chi connectivity index (χ0n) is 19.3. The van der Waals surface area contributed by atoms with Crippen molar-refractivity contribution in [1.82, 2.24) is 14.9 Å². The molecule has 0 saturated heterocycles. The molecule has 2 N–H and O–H groups in total. The minimum atomic E-state index is -0.202. The number of aryl methyl sites for hydroxylation is 3. The molecule has 0 saturated carbocycles. The summed E-state index contributed by atoms with van der Waals surface area (Å²) in [4.78, 5) is 30.1. The number of imidazole rings is 1. The van der Waals surface area contributed by atoms with Gasteiger partial charge in [-0.15, -0.1) is 0 Å². The number of para-hydroxylation sites is 3. The van der Waals surface area contributed by atoms with Gasteiger partial charge in [0.15, 0.2) is 0 Å². The van der Waals surface area contributed by atoms with Crippen LogP contribution in [0.1, 0.15) is 33.7 Å². The molecular weight excluding hydrogens is 448 g/mol. The fourth-order valence-corrected chi connectivity index (χ4v) is 4.24. The molecule has 3 aromatic carbocycles. The topological polar surface area (TPSA) is 76.0 Å². The Kier molecular flexibility index (Phi) is 7.28. The summed E-state index contributed by atoms with van der Waals surface area (Å²) in [7, 11) is 0. The quantitative estimate of drug-likeness (QED) is 0.340. The monoisotopic (exact) mass is 474 g/mol. The van der Waals surface area contributed by atoms with Gasteiger partial charge in [0, 0.05) is 18.7 Å². The number of rotatable bonds is 8. The number of fused-ring (bicyclic) bond motifs is 1. The van der Waals surface area contributed by atoms with Crippen LogP contribution in [-0.4, -0.2) is 27.9 Å². The van der Waals surface area contributed by atoms with Crippen LogP contribution in [0.3, 0.4) is 0 Å². The van der Waals surface area contributed by atoms with Crippen LogP contribution in [0.25, 0.3) is 11.0 Å². The van der Waals surface area contributed by atoms with Crippen LogP contribution < -0.4 is 10.6 Å². The highest BCUT2D eigenvalue weighted by Crippen LogP contribution is 2.21. The summed E-state index contributed by atoms with van der Waals surface area (Å²) in [5, 5.41) is 6.39. The minimum absolute atomic E-state index is 0.103. The zero-order valence-corrected chi connectivity index (χ0v) is 20.0. The molecule has 7 heteroatoms. The van der Waals surface area contributed by atoms with Crippen LogP contribution in [0.5, 0.6) is 0 Å². The molecule has 6 nitrogen and oxygen atoms in total. The van der Waals surface area contributed by atoms with Gasteiger partial charge in [-0.2, -0.15) is 0 Å². The van der Waals surface area contributed by atoms with Crippen LogP contribution in [0.4, 0.5) is 5.69 Å². The number of carbonyl (C=O) groups is 2. The molecule has 1 heterocycles. The Morgan fingerprint density at radius 2 is 1.65 bits per heavy atom. The molecule has 0 aliphatic carbocycles. The molecule has 0 unspecified atom stereocenters. The summed E-state index contributed by atoms with van der Waals surface area (Å²) in [6, 6.07) is 20.7. The van der Waals surface area contributed by atoms with Gasteiger partial charge in [-0.1, -0.05) is 54.1 Å². The van der Waals surface area contributed by atoms with E-state index in [2.05, 4.69) is 10.6 Å². The van der Waals surface area contributed by atoms with Crippen molar-refractivity contribution >= 4 is 40.1 Å². The highest BCUT2D eigenvalue weighted by atomic mass is 35.5. The summed E-state index contributed by atoms with van der Waals surface area (Å²) >= 11 is 6.11. The van der Waals surface area contributed by atoms with Crippen molar-refractivity contribution in [3.8, 4) is 0 Å². The molecular formula is C27H27ClN4O2. The van der Waals surface area contributed by atoms with Gasteiger partial charge in [0.2, 0.25) is 5.91 Å². The van der Waals surface area contributed by atoms with E-state index in [-0.39, 0.29) is 18.4 Å². The van der Waals surface area contributed by atoms with E-state index in [1.165, 1.54) is 0 Å². The second-order valence-electron chi connectivity index (χ2n) is 8.26. The summed E-state index contributed by atoms with van der Waals surface area (Å²) < 4.78 is 1.95. The lowest BCUT2D eigenvalue weighted by molar-refractivity contribution is -0.116. The fourth-order valence-electron chi connectivity index (χ4n) is 4.02. The molecule has 0 radical (unpaired) electrons. The average Bonchev–Trinajstić information content (AvgIpc) is 3.16. The van der Waals surface area contributed by atoms with Gasteiger partial charge in [0.1, 0.15) is 12.4 Å². The number of benzene rings is 3. The van der Waals surface area contributed by atoms with Crippen LogP contribution >= 0.6 is 11.6 Å². The molecule has 34 heavy (non-hydrogen) atoms. The third kappa shape index (κ3) is 5.29. The molecule has 1 aromatic heterocycles. The first kappa shape index (κ1) is 23.5. The lowest BCUT2D eigenvalue weighted by atomic mass is 10.1. The Balaban J connectivity index is 1.44. The molecule has 0 fully saturated rings. The number of hydrogen-bond acceptors (Lipinski definition) is 3. The van der Waals surface area contributed by atoms with E-state index in [1.54, 1.807) is 24.3 Å². The number of halogens is 1. The van der Waals surface area contributed by atoms with Gasteiger partial charge >= 0.3 is 0 Å². The van der Waals surface area contributed by atoms with Gasteiger partial charge in [0.25, 0.3) is 5.91 Å². The van der Waals surface area contributed by atoms with E-state index in [9.17, 15) is 9.59 Å². The van der Waals surface area contributed by atoms with Crippen LogP contribution in [0.2, 0.25) is 5.02 Å². The van der Waals surface area contributed by atoms with Crippen molar-refractivity contribution in [2.24, 2.45) is 0 Å². The lowest BCUT2D eigenvalue weighted by Gasteiger charge is -2.13. The van der Waals surface area contributed by atoms with Crippen LogP contribution in [-0.2, 0) is 17.8 Å². The first-order valence-corrected chi connectivity index (χ1v) is 11.6. The van der Waals surface area contributed by atoms with Gasteiger partial charge in [-0.25, -0.2) is 4.98 Å².